The SMILES string of the molecule is CCC(=O)N1CCC[C@H]1C(=O)OCS. The first-order valence-corrected chi connectivity index (χ1v) is 5.41. The molecule has 0 radical (unpaired) electrons. The van der Waals surface area contributed by atoms with E-state index in [0.717, 1.165) is 6.42 Å². The molecule has 0 spiro atoms. The first kappa shape index (κ1) is 11.4. The van der Waals surface area contributed by atoms with E-state index in [1.165, 1.54) is 0 Å². The lowest BCUT2D eigenvalue weighted by molar-refractivity contribution is -0.151. The van der Waals surface area contributed by atoms with Crippen LogP contribution in [0.25, 0.3) is 0 Å². The Morgan fingerprint density at radius 2 is 2.29 bits per heavy atom. The van der Waals surface area contributed by atoms with E-state index in [9.17, 15) is 9.59 Å². The lowest BCUT2D eigenvalue weighted by atomic mass is 10.2. The van der Waals surface area contributed by atoms with Crippen LogP contribution in [0.2, 0.25) is 0 Å². The first-order chi connectivity index (χ1) is 6.70. The standard InChI is InChI=1S/C9H15NO3S/c1-2-8(11)10-5-3-4-7(10)9(12)13-6-14/h7,14H,2-6H2,1H3/t7-/m0/s1. The first-order valence-electron chi connectivity index (χ1n) is 4.77. The van der Waals surface area contributed by atoms with Crippen LogP contribution < -0.4 is 0 Å². The van der Waals surface area contributed by atoms with Crippen LogP contribution in [-0.4, -0.2) is 35.3 Å². The highest BCUT2D eigenvalue weighted by Gasteiger charge is 2.34. The second kappa shape index (κ2) is 5.24. The van der Waals surface area contributed by atoms with E-state index in [1.54, 1.807) is 11.8 Å². The fourth-order valence-corrected chi connectivity index (χ4v) is 1.80. The Morgan fingerprint density at radius 1 is 1.57 bits per heavy atom. The minimum absolute atomic E-state index is 0.0172. The summed E-state index contributed by atoms with van der Waals surface area (Å²) in [7, 11) is 0. The van der Waals surface area contributed by atoms with Crippen molar-refractivity contribution in [3.05, 3.63) is 0 Å². The number of nitrogens with zero attached hydrogens (tertiary/aromatic N) is 1. The van der Waals surface area contributed by atoms with Gasteiger partial charge < -0.3 is 9.64 Å². The average molecular weight is 217 g/mol. The normalized spacial score (nSPS) is 21.0. The van der Waals surface area contributed by atoms with Gasteiger partial charge in [-0.25, -0.2) is 4.79 Å². The van der Waals surface area contributed by atoms with Crippen molar-refractivity contribution in [2.24, 2.45) is 0 Å². The number of esters is 1. The molecule has 1 saturated heterocycles. The van der Waals surface area contributed by atoms with Crippen LogP contribution in [-0.2, 0) is 14.3 Å². The van der Waals surface area contributed by atoms with E-state index in [2.05, 4.69) is 12.6 Å². The minimum atomic E-state index is -0.380. The Hall–Kier alpha value is -0.710. The molecule has 14 heavy (non-hydrogen) atoms. The molecule has 0 saturated carbocycles. The lowest BCUT2D eigenvalue weighted by Gasteiger charge is -2.22. The van der Waals surface area contributed by atoms with Crippen LogP contribution in [0.1, 0.15) is 26.2 Å². The van der Waals surface area contributed by atoms with Crippen LogP contribution in [0.4, 0.5) is 0 Å². The van der Waals surface area contributed by atoms with Gasteiger partial charge in [0.25, 0.3) is 0 Å². The molecule has 4 nitrogen and oxygen atoms in total. The van der Waals surface area contributed by atoms with Crippen molar-refractivity contribution in [3.8, 4) is 0 Å². The van der Waals surface area contributed by atoms with E-state index in [1.807, 2.05) is 0 Å². The topological polar surface area (TPSA) is 46.6 Å². The highest BCUT2D eigenvalue weighted by molar-refractivity contribution is 7.80. The molecule has 0 aromatic rings. The maximum absolute atomic E-state index is 11.4. The van der Waals surface area contributed by atoms with Crippen molar-refractivity contribution in [1.82, 2.24) is 4.90 Å². The van der Waals surface area contributed by atoms with Crippen LogP contribution in [0.3, 0.4) is 0 Å². The zero-order valence-corrected chi connectivity index (χ0v) is 9.13. The second-order valence-corrected chi connectivity index (χ2v) is 3.45. The van der Waals surface area contributed by atoms with Crippen molar-refractivity contribution in [2.45, 2.75) is 32.2 Å². The molecule has 1 aliphatic rings. The molecule has 0 aromatic carbocycles. The molecule has 0 aliphatic carbocycles. The smallest absolute Gasteiger partial charge is 0.329 e. The summed E-state index contributed by atoms with van der Waals surface area (Å²) in [6.45, 7) is 2.46. The van der Waals surface area contributed by atoms with Gasteiger partial charge in [0, 0.05) is 13.0 Å². The molecule has 1 amide bonds. The molecule has 1 aliphatic heterocycles. The fraction of sp³-hybridized carbons (Fsp3) is 0.778. The molecule has 0 bridgehead atoms. The number of carbonyl (C=O) groups is 2. The summed E-state index contributed by atoms with van der Waals surface area (Å²) in [6.07, 6.45) is 2.01. The molecular weight excluding hydrogens is 202 g/mol. The Balaban J connectivity index is 2.59. The summed E-state index contributed by atoms with van der Waals surface area (Å²) < 4.78 is 4.78. The summed E-state index contributed by atoms with van der Waals surface area (Å²) in [4.78, 5) is 24.4. The molecule has 0 N–H and O–H groups in total. The Kier molecular flexibility index (Phi) is 4.25. The Bertz CT molecular complexity index is 232. The molecule has 1 heterocycles. The fourth-order valence-electron chi connectivity index (χ4n) is 1.67. The lowest BCUT2D eigenvalue weighted by Crippen LogP contribution is -2.40. The molecular formula is C9H15NO3S. The number of ether oxygens (including phenoxy) is 1. The quantitative estimate of drug-likeness (QED) is 0.432. The van der Waals surface area contributed by atoms with E-state index in [-0.39, 0.29) is 23.9 Å². The zero-order valence-electron chi connectivity index (χ0n) is 8.23. The molecule has 0 unspecified atom stereocenters. The summed E-state index contributed by atoms with van der Waals surface area (Å²) in [5, 5.41) is 0. The predicted octanol–water partition coefficient (Wildman–Crippen LogP) is 0.818. The Morgan fingerprint density at radius 3 is 2.86 bits per heavy atom. The van der Waals surface area contributed by atoms with Gasteiger partial charge in [-0.2, -0.15) is 0 Å². The maximum atomic E-state index is 11.4. The number of amides is 1. The summed E-state index contributed by atoms with van der Waals surface area (Å²) >= 11 is 3.81. The number of carbonyl (C=O) groups excluding carboxylic acids is 2. The number of hydrogen-bond acceptors (Lipinski definition) is 4. The second-order valence-electron chi connectivity index (χ2n) is 3.19. The van der Waals surface area contributed by atoms with Crippen molar-refractivity contribution in [3.63, 3.8) is 0 Å². The monoisotopic (exact) mass is 217 g/mol. The highest BCUT2D eigenvalue weighted by Crippen LogP contribution is 2.19. The van der Waals surface area contributed by atoms with Crippen molar-refractivity contribution < 1.29 is 14.3 Å². The van der Waals surface area contributed by atoms with Gasteiger partial charge >= 0.3 is 5.97 Å². The maximum Gasteiger partial charge on any atom is 0.329 e. The third-order valence-corrected chi connectivity index (χ3v) is 2.48. The molecule has 0 aromatic heterocycles. The van der Waals surface area contributed by atoms with Gasteiger partial charge in [-0.3, -0.25) is 4.79 Å². The molecule has 1 rings (SSSR count). The number of likely N-dealkylation sites (tertiary alicyclic amines) is 1. The summed E-state index contributed by atoms with van der Waals surface area (Å²) in [5.41, 5.74) is 0. The van der Waals surface area contributed by atoms with Gasteiger partial charge in [0.05, 0.1) is 0 Å². The van der Waals surface area contributed by atoms with E-state index in [0.29, 0.717) is 19.4 Å². The minimum Gasteiger partial charge on any atom is -0.453 e. The van der Waals surface area contributed by atoms with Crippen molar-refractivity contribution >= 4 is 24.5 Å². The molecule has 1 fully saturated rings. The van der Waals surface area contributed by atoms with Crippen LogP contribution in [0.15, 0.2) is 0 Å². The highest BCUT2D eigenvalue weighted by atomic mass is 32.1. The predicted molar refractivity (Wildman–Crippen MR) is 55.0 cm³/mol. The number of rotatable bonds is 3. The van der Waals surface area contributed by atoms with E-state index >= 15 is 0 Å². The number of thiol groups is 1. The third-order valence-electron chi connectivity index (χ3n) is 2.35. The molecule has 5 heteroatoms. The van der Waals surface area contributed by atoms with Gasteiger partial charge in [-0.15, -0.1) is 12.6 Å². The Labute approximate surface area is 89.0 Å². The van der Waals surface area contributed by atoms with Crippen molar-refractivity contribution in [2.75, 3.05) is 12.5 Å². The summed E-state index contributed by atoms with van der Waals surface area (Å²) in [6, 6.07) is -0.380. The van der Waals surface area contributed by atoms with Gasteiger partial charge in [-0.05, 0) is 12.8 Å². The van der Waals surface area contributed by atoms with Gasteiger partial charge in [0.15, 0.2) is 0 Å². The molecule has 80 valence electrons. The van der Waals surface area contributed by atoms with Gasteiger partial charge in [0.2, 0.25) is 5.91 Å². The van der Waals surface area contributed by atoms with Crippen molar-refractivity contribution in [1.29, 1.82) is 0 Å². The molecule has 1 atom stereocenters. The number of hydrogen-bond donors (Lipinski definition) is 1. The van der Waals surface area contributed by atoms with Crippen LogP contribution in [0, 0.1) is 0 Å². The van der Waals surface area contributed by atoms with E-state index < -0.39 is 0 Å². The van der Waals surface area contributed by atoms with E-state index in [4.69, 9.17) is 4.74 Å². The summed E-state index contributed by atoms with van der Waals surface area (Å²) in [5.74, 6) is -0.244. The van der Waals surface area contributed by atoms with Gasteiger partial charge in [0.1, 0.15) is 12.0 Å². The van der Waals surface area contributed by atoms with Crippen LogP contribution >= 0.6 is 12.6 Å². The zero-order chi connectivity index (χ0) is 10.6. The largest absolute Gasteiger partial charge is 0.453 e. The van der Waals surface area contributed by atoms with Crippen LogP contribution in [0.5, 0.6) is 0 Å². The average Bonchev–Trinajstić information content (AvgIpc) is 2.65. The third kappa shape index (κ3) is 2.41. The van der Waals surface area contributed by atoms with Gasteiger partial charge in [-0.1, -0.05) is 6.92 Å².